The van der Waals surface area contributed by atoms with Crippen molar-refractivity contribution in [2.24, 2.45) is 0 Å². The lowest BCUT2D eigenvalue weighted by atomic mass is 10.2. The summed E-state index contributed by atoms with van der Waals surface area (Å²) < 4.78 is 5.24. The molecule has 0 radical (unpaired) electrons. The molecule has 6 nitrogen and oxygen atoms in total. The van der Waals surface area contributed by atoms with E-state index in [1.807, 2.05) is 36.4 Å². The topological polar surface area (TPSA) is 82.4 Å². The van der Waals surface area contributed by atoms with Gasteiger partial charge in [-0.25, -0.2) is 4.79 Å². The molecule has 2 rings (SSSR count). The van der Waals surface area contributed by atoms with E-state index >= 15 is 0 Å². The van der Waals surface area contributed by atoms with E-state index in [4.69, 9.17) is 10.00 Å². The van der Waals surface area contributed by atoms with Crippen molar-refractivity contribution >= 4 is 12.0 Å². The maximum absolute atomic E-state index is 12.1. The first-order valence-corrected chi connectivity index (χ1v) is 6.84. The van der Waals surface area contributed by atoms with Gasteiger partial charge in [-0.3, -0.25) is 9.69 Å². The molecule has 1 aliphatic rings. The molecule has 1 saturated heterocycles. The first-order chi connectivity index (χ1) is 10.2. The Morgan fingerprint density at radius 3 is 2.86 bits per heavy atom. The van der Waals surface area contributed by atoms with Crippen molar-refractivity contribution in [1.82, 2.24) is 10.2 Å². The van der Waals surface area contributed by atoms with E-state index in [0.717, 1.165) is 12.0 Å². The number of hydrogen-bond donors (Lipinski definition) is 1. The van der Waals surface area contributed by atoms with Gasteiger partial charge in [0, 0.05) is 6.54 Å². The molecule has 1 aliphatic heterocycles. The Kier molecular flexibility index (Phi) is 5.16. The Labute approximate surface area is 123 Å². The van der Waals surface area contributed by atoms with E-state index in [2.05, 4.69) is 5.32 Å². The molecule has 1 aromatic carbocycles. The second-order valence-corrected chi connectivity index (χ2v) is 4.77. The highest BCUT2D eigenvalue weighted by atomic mass is 16.6. The highest BCUT2D eigenvalue weighted by Gasteiger charge is 2.34. The minimum Gasteiger partial charge on any atom is -0.445 e. The van der Waals surface area contributed by atoms with Crippen LogP contribution in [0.15, 0.2) is 30.3 Å². The van der Waals surface area contributed by atoms with E-state index in [9.17, 15) is 9.59 Å². The molecular formula is C15H17N3O3. The van der Waals surface area contributed by atoms with Gasteiger partial charge in [-0.15, -0.1) is 0 Å². The first-order valence-electron chi connectivity index (χ1n) is 6.84. The molecule has 110 valence electrons. The number of hydrogen-bond acceptors (Lipinski definition) is 4. The molecule has 1 atom stereocenters. The van der Waals surface area contributed by atoms with Crippen molar-refractivity contribution in [1.29, 1.82) is 5.26 Å². The zero-order chi connectivity index (χ0) is 15.1. The summed E-state index contributed by atoms with van der Waals surface area (Å²) in [4.78, 5) is 25.4. The standard InChI is InChI=1S/C15H17N3O3/c16-8-9-17-14(19)13-7-4-10-18(13)15(20)21-11-12-5-2-1-3-6-12/h1-3,5-6,13H,4,7,9-11H2,(H,17,19). The molecule has 2 amide bonds. The number of carbonyl (C=O) groups is 2. The molecule has 21 heavy (non-hydrogen) atoms. The summed E-state index contributed by atoms with van der Waals surface area (Å²) in [6.45, 7) is 0.628. The number of benzene rings is 1. The second kappa shape index (κ2) is 7.29. The van der Waals surface area contributed by atoms with Crippen LogP contribution in [-0.2, 0) is 16.1 Å². The van der Waals surface area contributed by atoms with Crippen molar-refractivity contribution in [2.45, 2.75) is 25.5 Å². The van der Waals surface area contributed by atoms with Crippen LogP contribution in [0, 0.1) is 11.3 Å². The van der Waals surface area contributed by atoms with Crippen LogP contribution in [0.2, 0.25) is 0 Å². The summed E-state index contributed by atoms with van der Waals surface area (Å²) in [6, 6.07) is 10.7. The van der Waals surface area contributed by atoms with Gasteiger partial charge in [0.1, 0.15) is 19.2 Å². The summed E-state index contributed by atoms with van der Waals surface area (Å²) in [6.07, 6.45) is 0.858. The first kappa shape index (κ1) is 14.9. The summed E-state index contributed by atoms with van der Waals surface area (Å²) in [5.41, 5.74) is 0.899. The smallest absolute Gasteiger partial charge is 0.410 e. The third-order valence-corrected chi connectivity index (χ3v) is 3.34. The minimum atomic E-state index is -0.540. The van der Waals surface area contributed by atoms with Crippen LogP contribution in [0.5, 0.6) is 0 Å². The van der Waals surface area contributed by atoms with Gasteiger partial charge in [0.2, 0.25) is 5.91 Å². The number of rotatable bonds is 4. The number of carbonyl (C=O) groups excluding carboxylic acids is 2. The molecule has 0 spiro atoms. The van der Waals surface area contributed by atoms with Gasteiger partial charge in [-0.1, -0.05) is 30.3 Å². The zero-order valence-electron chi connectivity index (χ0n) is 11.6. The van der Waals surface area contributed by atoms with E-state index in [-0.39, 0.29) is 19.1 Å². The van der Waals surface area contributed by atoms with Gasteiger partial charge in [-0.2, -0.15) is 5.26 Å². The molecule has 0 aromatic heterocycles. The lowest BCUT2D eigenvalue weighted by Crippen LogP contribution is -2.46. The Hall–Kier alpha value is -2.55. The average Bonchev–Trinajstić information content (AvgIpc) is 3.01. The van der Waals surface area contributed by atoms with Gasteiger partial charge in [-0.05, 0) is 18.4 Å². The maximum atomic E-state index is 12.1. The monoisotopic (exact) mass is 287 g/mol. The van der Waals surface area contributed by atoms with E-state index < -0.39 is 12.1 Å². The summed E-state index contributed by atoms with van der Waals surface area (Å²) in [5, 5.41) is 11.0. The van der Waals surface area contributed by atoms with Crippen molar-refractivity contribution < 1.29 is 14.3 Å². The van der Waals surface area contributed by atoms with E-state index in [1.165, 1.54) is 4.90 Å². The number of nitrogens with zero attached hydrogens (tertiary/aromatic N) is 2. The molecule has 1 aromatic rings. The molecule has 1 N–H and O–H groups in total. The Morgan fingerprint density at radius 1 is 1.38 bits per heavy atom. The van der Waals surface area contributed by atoms with Crippen LogP contribution >= 0.6 is 0 Å². The number of nitriles is 1. The summed E-state index contributed by atoms with van der Waals surface area (Å²) in [7, 11) is 0. The third-order valence-electron chi connectivity index (χ3n) is 3.34. The SMILES string of the molecule is N#CCNC(=O)C1CCCN1C(=O)OCc1ccccc1. The quantitative estimate of drug-likeness (QED) is 0.849. The molecule has 1 unspecified atom stereocenters. The molecule has 0 aliphatic carbocycles. The van der Waals surface area contributed by atoms with Crippen LogP contribution in [0.3, 0.4) is 0 Å². The molecule has 0 bridgehead atoms. The number of nitrogens with one attached hydrogen (secondary N) is 1. The normalized spacial score (nSPS) is 17.1. The van der Waals surface area contributed by atoms with Crippen LogP contribution in [0.25, 0.3) is 0 Å². The largest absolute Gasteiger partial charge is 0.445 e. The Bertz CT molecular complexity index is 539. The highest BCUT2D eigenvalue weighted by Crippen LogP contribution is 2.19. The summed E-state index contributed by atoms with van der Waals surface area (Å²) >= 11 is 0. The fraction of sp³-hybridized carbons (Fsp3) is 0.400. The van der Waals surface area contributed by atoms with Crippen LogP contribution in [0.1, 0.15) is 18.4 Å². The van der Waals surface area contributed by atoms with Crippen molar-refractivity contribution in [3.8, 4) is 6.07 Å². The highest BCUT2D eigenvalue weighted by molar-refractivity contribution is 5.86. The molecule has 0 saturated carbocycles. The van der Waals surface area contributed by atoms with Gasteiger partial charge in [0.25, 0.3) is 0 Å². The fourth-order valence-electron chi connectivity index (χ4n) is 2.30. The van der Waals surface area contributed by atoms with Crippen LogP contribution < -0.4 is 5.32 Å². The second-order valence-electron chi connectivity index (χ2n) is 4.77. The van der Waals surface area contributed by atoms with Crippen molar-refractivity contribution in [2.75, 3.05) is 13.1 Å². The zero-order valence-corrected chi connectivity index (χ0v) is 11.6. The summed E-state index contributed by atoms with van der Waals surface area (Å²) in [5.74, 6) is -0.300. The molecular weight excluding hydrogens is 270 g/mol. The van der Waals surface area contributed by atoms with Gasteiger partial charge in [0.05, 0.1) is 6.07 Å². The molecule has 1 fully saturated rings. The van der Waals surface area contributed by atoms with Crippen molar-refractivity contribution in [3.05, 3.63) is 35.9 Å². The van der Waals surface area contributed by atoms with E-state index in [1.54, 1.807) is 0 Å². The van der Waals surface area contributed by atoms with Gasteiger partial charge >= 0.3 is 6.09 Å². The van der Waals surface area contributed by atoms with Gasteiger partial charge in [0.15, 0.2) is 0 Å². The van der Waals surface area contributed by atoms with Crippen LogP contribution in [0.4, 0.5) is 4.79 Å². The fourth-order valence-corrected chi connectivity index (χ4v) is 2.30. The number of ether oxygens (including phenoxy) is 1. The lowest BCUT2D eigenvalue weighted by molar-refractivity contribution is -0.124. The minimum absolute atomic E-state index is 0.0533. The number of likely N-dealkylation sites (tertiary alicyclic amines) is 1. The predicted octanol–water partition coefficient (Wildman–Crippen LogP) is 1.43. The van der Waals surface area contributed by atoms with Crippen LogP contribution in [-0.4, -0.2) is 36.0 Å². The van der Waals surface area contributed by atoms with E-state index in [0.29, 0.717) is 13.0 Å². The Balaban J connectivity index is 1.89. The number of amides is 2. The molecule has 1 heterocycles. The lowest BCUT2D eigenvalue weighted by Gasteiger charge is -2.22. The van der Waals surface area contributed by atoms with Crippen molar-refractivity contribution in [3.63, 3.8) is 0 Å². The predicted molar refractivity (Wildman–Crippen MR) is 75.0 cm³/mol. The maximum Gasteiger partial charge on any atom is 0.410 e. The third kappa shape index (κ3) is 3.96. The molecule has 6 heteroatoms. The average molecular weight is 287 g/mol. The Morgan fingerprint density at radius 2 is 2.14 bits per heavy atom. The van der Waals surface area contributed by atoms with Gasteiger partial charge < -0.3 is 10.1 Å².